The van der Waals surface area contributed by atoms with Crippen LogP contribution in [0.3, 0.4) is 0 Å². The van der Waals surface area contributed by atoms with Crippen LogP contribution in [-0.4, -0.2) is 111 Å². The lowest BCUT2D eigenvalue weighted by atomic mass is 9.80. The van der Waals surface area contributed by atoms with Crippen molar-refractivity contribution >= 4 is 22.2 Å². The fourth-order valence-corrected chi connectivity index (χ4v) is 13.8. The second kappa shape index (κ2) is 22.3. The molecule has 0 amide bonds. The number of alkyl halides is 3. The minimum atomic E-state index is -4.45. The molecule has 6 atom stereocenters. The van der Waals surface area contributed by atoms with Gasteiger partial charge in [0.25, 0.3) is 0 Å². The number of hydrogen-bond donors (Lipinski definition) is 2. The summed E-state index contributed by atoms with van der Waals surface area (Å²) >= 11 is 1.62. The zero-order valence-electron chi connectivity index (χ0n) is 44.7. The molecule has 3 aromatic heterocycles. The van der Waals surface area contributed by atoms with Gasteiger partial charge in [0.2, 0.25) is 0 Å². The van der Waals surface area contributed by atoms with Crippen molar-refractivity contribution in [2.45, 2.75) is 161 Å². The van der Waals surface area contributed by atoms with E-state index in [0.29, 0.717) is 54.4 Å². The minimum absolute atomic E-state index is 0.000475. The molecule has 1 aromatic carbocycles. The van der Waals surface area contributed by atoms with Gasteiger partial charge in [0.05, 0.1) is 40.2 Å². The molecule has 0 spiro atoms. The number of fused-ring (bicyclic) bond motifs is 1. The summed E-state index contributed by atoms with van der Waals surface area (Å²) in [6.07, 6.45) is 16.6. The Labute approximate surface area is 438 Å². The largest absolute Gasteiger partial charge is 0.406 e. The molecule has 9 rings (SSSR count). The van der Waals surface area contributed by atoms with E-state index in [1.54, 1.807) is 17.5 Å². The molecule has 394 valence electrons. The van der Waals surface area contributed by atoms with Gasteiger partial charge in [-0.25, -0.2) is 10.4 Å². The van der Waals surface area contributed by atoms with E-state index in [1.165, 1.54) is 55.2 Å². The maximum atomic E-state index is 14.7. The number of likely N-dealkylation sites (tertiary alicyclic amines) is 1. The van der Waals surface area contributed by atoms with E-state index in [0.717, 1.165) is 114 Å². The zero-order chi connectivity index (χ0) is 51.8. The molecule has 2 N–H and O–H groups in total. The van der Waals surface area contributed by atoms with Crippen LogP contribution in [0.5, 0.6) is 0 Å². The quantitative estimate of drug-likeness (QED) is 0.0563. The van der Waals surface area contributed by atoms with Gasteiger partial charge < -0.3 is 19.8 Å². The average molecular weight is 1020 g/mol. The number of likely N-dealkylation sites (N-methyl/N-ethyl adjacent to an activating group) is 2. The molecule has 73 heavy (non-hydrogen) atoms. The van der Waals surface area contributed by atoms with Crippen LogP contribution in [0.25, 0.3) is 33.4 Å². The van der Waals surface area contributed by atoms with Crippen molar-refractivity contribution in [2.24, 2.45) is 23.2 Å². The molecule has 2 aliphatic carbocycles. The molecular weight excluding hydrogens is 936 g/mol. The van der Waals surface area contributed by atoms with Gasteiger partial charge in [0, 0.05) is 102 Å². The number of pyridine rings is 1. The smallest absolute Gasteiger partial charge is 0.379 e. The number of hydrazine groups is 1. The lowest BCUT2D eigenvalue weighted by molar-refractivity contribution is -0.139. The molecule has 6 heterocycles. The van der Waals surface area contributed by atoms with E-state index in [-0.39, 0.29) is 23.4 Å². The molecule has 3 aliphatic heterocycles. The van der Waals surface area contributed by atoms with Gasteiger partial charge in [-0.2, -0.15) is 13.2 Å². The lowest BCUT2D eigenvalue weighted by Gasteiger charge is -2.39. The first-order valence-corrected chi connectivity index (χ1v) is 28.4. The highest BCUT2D eigenvalue weighted by molar-refractivity contribution is 7.10. The maximum absolute atomic E-state index is 14.7. The maximum Gasteiger partial charge on any atom is 0.406 e. The van der Waals surface area contributed by atoms with Crippen molar-refractivity contribution in [1.29, 1.82) is 0 Å². The fraction of sp³-hybridized carbons (Fsp3) is 0.600. The number of aromatic nitrogens is 3. The summed E-state index contributed by atoms with van der Waals surface area (Å²) in [7, 11) is 2.28. The van der Waals surface area contributed by atoms with Crippen molar-refractivity contribution in [3.05, 3.63) is 95.0 Å². The highest BCUT2D eigenvalue weighted by atomic mass is 32.1. The van der Waals surface area contributed by atoms with Crippen molar-refractivity contribution in [3.63, 3.8) is 0 Å². The third kappa shape index (κ3) is 12.1. The monoisotopic (exact) mass is 1020 g/mol. The zero-order valence-corrected chi connectivity index (χ0v) is 45.5. The van der Waals surface area contributed by atoms with Crippen molar-refractivity contribution in [2.75, 3.05) is 46.3 Å². The first kappa shape index (κ1) is 53.2. The fourth-order valence-electron chi connectivity index (χ4n) is 13.0. The summed E-state index contributed by atoms with van der Waals surface area (Å²) in [5, 5.41) is 10.1. The topological polar surface area (TPSA) is 67.5 Å². The number of thiazole rings is 1. The molecule has 3 saturated heterocycles. The molecular formula is C60H82F3N9S. The number of terminal acetylenes is 1. The van der Waals surface area contributed by atoms with E-state index < -0.39 is 12.7 Å². The van der Waals surface area contributed by atoms with E-state index in [4.69, 9.17) is 29.5 Å². The predicted molar refractivity (Wildman–Crippen MR) is 295 cm³/mol. The Hall–Kier alpha value is -4.61. The Morgan fingerprint density at radius 2 is 1.82 bits per heavy atom. The van der Waals surface area contributed by atoms with Gasteiger partial charge in [-0.05, 0) is 137 Å². The molecule has 5 fully saturated rings. The van der Waals surface area contributed by atoms with Gasteiger partial charge in [0.1, 0.15) is 6.54 Å². The first-order valence-electron chi connectivity index (χ1n) is 27.6. The lowest BCUT2D eigenvalue weighted by Crippen LogP contribution is -2.51. The standard InChI is InChI=1S/C60H82F3N9S/c1-11-13-27-59(8,9)34-49-48-32-46(24-25-52(48)71(38-60(61,62)63)58(49)47-21-18-28-64-54(47)39(3)4)51-37-73-53(67-51)33-50(41(6)72-30-17-16-29-65-72)66-40(5)55(44-19-14-15-20-44)70-31-26-43(36-70)35-69(12-2)42(7)56-57(68(56)10)45-22-23-45/h1,18,21,24-25,28,32,37,39,43-45,50,55-57,65-66H,5-7,12-17,19-20,22-23,26-27,29-31,33-36,38H2,2-4,8-10H3. The van der Waals surface area contributed by atoms with Gasteiger partial charge in [-0.1, -0.05) is 66.3 Å². The van der Waals surface area contributed by atoms with Crippen molar-refractivity contribution in [3.8, 4) is 34.9 Å². The van der Waals surface area contributed by atoms with Crippen LogP contribution < -0.4 is 10.7 Å². The molecule has 13 heteroatoms. The molecule has 0 radical (unpaired) electrons. The molecule has 6 unspecified atom stereocenters. The Morgan fingerprint density at radius 1 is 1.04 bits per heavy atom. The van der Waals surface area contributed by atoms with Crippen LogP contribution in [0.2, 0.25) is 0 Å². The summed E-state index contributed by atoms with van der Waals surface area (Å²) in [5.74, 6) is 4.78. The molecule has 4 aromatic rings. The number of rotatable bonds is 23. The Morgan fingerprint density at radius 3 is 2.51 bits per heavy atom. The molecule has 0 bridgehead atoms. The van der Waals surface area contributed by atoms with E-state index in [9.17, 15) is 13.2 Å². The SMILES string of the molecule is C#CCCC(C)(C)Cc1c(-c2cccnc2C(C)C)n(CC(F)(F)F)c2ccc(-c3csc(CC(NC(=C)C(C4CCCC4)N4CCC(CN(CC)C(=C)C5C(C6CC6)N5C)C4)C(=C)N4CCCCN4)n3)cc12. The van der Waals surface area contributed by atoms with Crippen LogP contribution in [0.15, 0.2) is 78.7 Å². The van der Waals surface area contributed by atoms with Gasteiger partial charge >= 0.3 is 6.18 Å². The van der Waals surface area contributed by atoms with Gasteiger partial charge in [-0.15, -0.1) is 23.7 Å². The minimum Gasteiger partial charge on any atom is -0.379 e. The van der Waals surface area contributed by atoms with E-state index in [1.807, 2.05) is 38.1 Å². The van der Waals surface area contributed by atoms with Gasteiger partial charge in [-0.3, -0.25) is 14.8 Å². The van der Waals surface area contributed by atoms with Crippen LogP contribution in [0.1, 0.15) is 127 Å². The Balaban J connectivity index is 0.995. The van der Waals surface area contributed by atoms with Crippen LogP contribution >= 0.6 is 11.3 Å². The van der Waals surface area contributed by atoms with E-state index >= 15 is 0 Å². The van der Waals surface area contributed by atoms with Crippen LogP contribution in [0, 0.1) is 35.5 Å². The second-order valence-electron chi connectivity index (χ2n) is 23.3. The molecule has 5 aliphatic rings. The highest BCUT2D eigenvalue weighted by Gasteiger charge is 2.55. The normalized spacial score (nSPS) is 22.7. The number of nitrogens with one attached hydrogen (secondary N) is 2. The average Bonchev–Trinajstić information content (AvgIpc) is 3.96. The summed E-state index contributed by atoms with van der Waals surface area (Å²) in [4.78, 5) is 17.9. The number of halogens is 3. The Kier molecular flexibility index (Phi) is 16.3. The first-order chi connectivity index (χ1) is 34.9. The molecule has 2 saturated carbocycles. The van der Waals surface area contributed by atoms with E-state index in [2.05, 4.69) is 82.2 Å². The van der Waals surface area contributed by atoms with Gasteiger partial charge in [0.15, 0.2) is 0 Å². The number of nitrogens with zero attached hydrogens (tertiary/aromatic N) is 7. The third-order valence-corrected chi connectivity index (χ3v) is 17.8. The van der Waals surface area contributed by atoms with Crippen molar-refractivity contribution < 1.29 is 13.2 Å². The van der Waals surface area contributed by atoms with Crippen molar-refractivity contribution in [1.82, 2.24) is 45.0 Å². The van der Waals surface area contributed by atoms with Crippen LogP contribution in [-0.2, 0) is 19.4 Å². The molecule has 9 nitrogen and oxygen atoms in total. The Bertz CT molecular complexity index is 2640. The highest BCUT2D eigenvalue weighted by Crippen LogP contribution is 2.49. The predicted octanol–water partition coefficient (Wildman–Crippen LogP) is 12.4. The summed E-state index contributed by atoms with van der Waals surface area (Å²) in [6, 6.07) is 10.9. The number of benzene rings is 1. The summed E-state index contributed by atoms with van der Waals surface area (Å²) in [5.41, 5.74) is 11.9. The van der Waals surface area contributed by atoms with Crippen LogP contribution in [0.4, 0.5) is 13.2 Å². The second-order valence-corrected chi connectivity index (χ2v) is 24.3. The third-order valence-electron chi connectivity index (χ3n) is 17.0. The number of hydrogen-bond acceptors (Lipinski definition) is 9. The summed E-state index contributed by atoms with van der Waals surface area (Å²) < 4.78 is 45.6. The summed E-state index contributed by atoms with van der Waals surface area (Å²) in [6.45, 7) is 29.8.